The summed E-state index contributed by atoms with van der Waals surface area (Å²) in [6.45, 7) is 0. The Bertz CT molecular complexity index is 772. The number of methoxy groups -OCH3 is 3. The number of benzene rings is 2. The van der Waals surface area contributed by atoms with Crippen LogP contribution in [0.2, 0.25) is 0 Å². The Balaban J connectivity index is 2.01. The maximum Gasteiger partial charge on any atom is 0.233 e. The van der Waals surface area contributed by atoms with Crippen LogP contribution in [0.3, 0.4) is 0 Å². The van der Waals surface area contributed by atoms with Gasteiger partial charge in [-0.15, -0.1) is 0 Å². The number of rotatable bonds is 8. The zero-order valence-corrected chi connectivity index (χ0v) is 14.7. The molecule has 2 rings (SSSR count). The van der Waals surface area contributed by atoms with Crippen molar-refractivity contribution in [2.45, 2.75) is 6.42 Å². The molecule has 2 aromatic carbocycles. The standard InChI is InChI=1S/C17H21NO5S/c1-21-15-7-5-14(6-8-15)18-24(19,20)11-10-13-4-9-16(22-2)17(12-13)23-3/h4-9,12,18H,10-11H2,1-3H3. The Labute approximate surface area is 142 Å². The van der Waals surface area contributed by atoms with E-state index in [1.807, 2.05) is 6.07 Å². The van der Waals surface area contributed by atoms with E-state index in [0.29, 0.717) is 29.4 Å². The van der Waals surface area contributed by atoms with Crippen molar-refractivity contribution in [3.8, 4) is 17.2 Å². The van der Waals surface area contributed by atoms with Gasteiger partial charge in [0.1, 0.15) is 5.75 Å². The van der Waals surface area contributed by atoms with Gasteiger partial charge in [-0.1, -0.05) is 6.07 Å². The van der Waals surface area contributed by atoms with E-state index in [1.165, 1.54) is 0 Å². The summed E-state index contributed by atoms with van der Waals surface area (Å²) in [6, 6.07) is 12.1. The highest BCUT2D eigenvalue weighted by molar-refractivity contribution is 7.92. The van der Waals surface area contributed by atoms with Crippen LogP contribution in [0.4, 0.5) is 5.69 Å². The van der Waals surface area contributed by atoms with Gasteiger partial charge in [-0.25, -0.2) is 8.42 Å². The maximum absolute atomic E-state index is 12.2. The molecule has 0 fully saturated rings. The smallest absolute Gasteiger partial charge is 0.233 e. The molecule has 0 aromatic heterocycles. The second-order valence-corrected chi connectivity index (χ2v) is 6.93. The maximum atomic E-state index is 12.2. The minimum absolute atomic E-state index is 0.0332. The lowest BCUT2D eigenvalue weighted by Crippen LogP contribution is -2.18. The molecule has 0 saturated heterocycles. The molecule has 0 amide bonds. The van der Waals surface area contributed by atoms with Gasteiger partial charge < -0.3 is 14.2 Å². The quantitative estimate of drug-likeness (QED) is 0.791. The highest BCUT2D eigenvalue weighted by atomic mass is 32.2. The van der Waals surface area contributed by atoms with Crippen LogP contribution in [0.1, 0.15) is 5.56 Å². The molecule has 7 heteroatoms. The third kappa shape index (κ3) is 4.79. The van der Waals surface area contributed by atoms with Gasteiger partial charge in [0, 0.05) is 5.69 Å². The van der Waals surface area contributed by atoms with E-state index < -0.39 is 10.0 Å². The molecule has 0 heterocycles. The molecule has 0 atom stereocenters. The zero-order chi connectivity index (χ0) is 17.6. The van der Waals surface area contributed by atoms with Crippen LogP contribution in [0, 0.1) is 0 Å². The van der Waals surface area contributed by atoms with E-state index in [-0.39, 0.29) is 5.75 Å². The van der Waals surface area contributed by atoms with Crippen LogP contribution < -0.4 is 18.9 Å². The fraction of sp³-hybridized carbons (Fsp3) is 0.294. The number of hydrogen-bond acceptors (Lipinski definition) is 5. The minimum Gasteiger partial charge on any atom is -0.497 e. The fourth-order valence-electron chi connectivity index (χ4n) is 2.18. The lowest BCUT2D eigenvalue weighted by Gasteiger charge is -2.11. The van der Waals surface area contributed by atoms with Crippen LogP contribution in [0.5, 0.6) is 17.2 Å². The normalized spacial score (nSPS) is 11.0. The van der Waals surface area contributed by atoms with Gasteiger partial charge in [-0.05, 0) is 48.4 Å². The van der Waals surface area contributed by atoms with Crippen molar-refractivity contribution >= 4 is 15.7 Å². The highest BCUT2D eigenvalue weighted by Crippen LogP contribution is 2.27. The average Bonchev–Trinajstić information content (AvgIpc) is 2.60. The van der Waals surface area contributed by atoms with Gasteiger partial charge in [0.2, 0.25) is 10.0 Å². The van der Waals surface area contributed by atoms with Gasteiger partial charge in [0.05, 0.1) is 27.1 Å². The summed E-state index contributed by atoms with van der Waals surface area (Å²) in [7, 11) is 1.21. The Hall–Kier alpha value is -2.41. The van der Waals surface area contributed by atoms with Crippen molar-refractivity contribution in [3.05, 3.63) is 48.0 Å². The first-order valence-electron chi connectivity index (χ1n) is 7.33. The molecular weight excluding hydrogens is 330 g/mol. The third-order valence-corrected chi connectivity index (χ3v) is 4.76. The number of anilines is 1. The van der Waals surface area contributed by atoms with Crippen LogP contribution in [0.25, 0.3) is 0 Å². The molecule has 130 valence electrons. The van der Waals surface area contributed by atoms with Crippen molar-refractivity contribution in [2.75, 3.05) is 31.8 Å². The van der Waals surface area contributed by atoms with E-state index in [4.69, 9.17) is 14.2 Å². The van der Waals surface area contributed by atoms with E-state index in [1.54, 1.807) is 57.7 Å². The van der Waals surface area contributed by atoms with E-state index in [0.717, 1.165) is 5.56 Å². The second-order valence-electron chi connectivity index (χ2n) is 5.09. The molecular formula is C17H21NO5S. The lowest BCUT2D eigenvalue weighted by molar-refractivity contribution is 0.354. The first-order valence-corrected chi connectivity index (χ1v) is 8.98. The topological polar surface area (TPSA) is 73.9 Å². The Kier molecular flexibility index (Phi) is 5.92. The average molecular weight is 351 g/mol. The molecule has 0 unspecified atom stereocenters. The zero-order valence-electron chi connectivity index (χ0n) is 13.9. The number of nitrogens with one attached hydrogen (secondary N) is 1. The Morgan fingerprint density at radius 2 is 1.54 bits per heavy atom. The number of sulfonamides is 1. The van der Waals surface area contributed by atoms with Crippen LogP contribution in [0.15, 0.2) is 42.5 Å². The summed E-state index contributed by atoms with van der Waals surface area (Å²) >= 11 is 0. The highest BCUT2D eigenvalue weighted by Gasteiger charge is 2.12. The second kappa shape index (κ2) is 7.92. The monoisotopic (exact) mass is 351 g/mol. The van der Waals surface area contributed by atoms with Crippen LogP contribution in [-0.4, -0.2) is 35.5 Å². The van der Waals surface area contributed by atoms with Crippen molar-refractivity contribution in [2.24, 2.45) is 0 Å². The fourth-order valence-corrected chi connectivity index (χ4v) is 3.28. The molecule has 0 aliphatic heterocycles. The molecule has 2 aromatic rings. The first kappa shape index (κ1) is 17.9. The molecule has 0 aliphatic rings. The summed E-state index contributed by atoms with van der Waals surface area (Å²) < 4.78 is 42.4. The molecule has 0 aliphatic carbocycles. The van der Waals surface area contributed by atoms with E-state index in [9.17, 15) is 8.42 Å². The molecule has 0 radical (unpaired) electrons. The minimum atomic E-state index is -3.45. The SMILES string of the molecule is COc1ccc(NS(=O)(=O)CCc2ccc(OC)c(OC)c2)cc1. The largest absolute Gasteiger partial charge is 0.497 e. The first-order chi connectivity index (χ1) is 11.5. The number of hydrogen-bond donors (Lipinski definition) is 1. The van der Waals surface area contributed by atoms with E-state index in [2.05, 4.69) is 4.72 Å². The van der Waals surface area contributed by atoms with Gasteiger partial charge in [-0.2, -0.15) is 0 Å². The van der Waals surface area contributed by atoms with Gasteiger partial charge in [0.25, 0.3) is 0 Å². The predicted molar refractivity (Wildman–Crippen MR) is 93.7 cm³/mol. The molecule has 6 nitrogen and oxygen atoms in total. The van der Waals surface area contributed by atoms with Gasteiger partial charge >= 0.3 is 0 Å². The van der Waals surface area contributed by atoms with Crippen LogP contribution in [-0.2, 0) is 16.4 Å². The van der Waals surface area contributed by atoms with Crippen molar-refractivity contribution in [1.29, 1.82) is 0 Å². The summed E-state index contributed by atoms with van der Waals surface area (Å²) in [6.07, 6.45) is 0.367. The summed E-state index contributed by atoms with van der Waals surface area (Å²) in [5, 5.41) is 0. The van der Waals surface area contributed by atoms with Crippen molar-refractivity contribution in [3.63, 3.8) is 0 Å². The van der Waals surface area contributed by atoms with Crippen molar-refractivity contribution < 1.29 is 22.6 Å². The van der Waals surface area contributed by atoms with Gasteiger partial charge in [-0.3, -0.25) is 4.72 Å². The molecule has 0 saturated carbocycles. The molecule has 0 bridgehead atoms. The summed E-state index contributed by atoms with van der Waals surface area (Å²) in [5.41, 5.74) is 1.36. The Morgan fingerprint density at radius 3 is 2.12 bits per heavy atom. The van der Waals surface area contributed by atoms with Crippen molar-refractivity contribution in [1.82, 2.24) is 0 Å². The molecule has 24 heavy (non-hydrogen) atoms. The lowest BCUT2D eigenvalue weighted by atomic mass is 10.1. The molecule has 0 spiro atoms. The summed E-state index contributed by atoms with van der Waals surface area (Å²) in [4.78, 5) is 0. The number of ether oxygens (including phenoxy) is 3. The predicted octanol–water partition coefficient (Wildman–Crippen LogP) is 2.70. The number of aryl methyl sites for hydroxylation is 1. The van der Waals surface area contributed by atoms with E-state index >= 15 is 0 Å². The van der Waals surface area contributed by atoms with Crippen LogP contribution >= 0.6 is 0 Å². The summed E-state index contributed by atoms with van der Waals surface area (Å²) in [5.74, 6) is 1.83. The van der Waals surface area contributed by atoms with Gasteiger partial charge in [0.15, 0.2) is 11.5 Å². The molecule has 1 N–H and O–H groups in total. The third-order valence-electron chi connectivity index (χ3n) is 3.47. The Morgan fingerprint density at radius 1 is 0.875 bits per heavy atom.